The highest BCUT2D eigenvalue weighted by Crippen LogP contribution is 1.94. The Labute approximate surface area is 83.8 Å². The number of hydrogen-bond acceptors (Lipinski definition) is 3. The minimum Gasteiger partial charge on any atom is -0.351 e. The monoisotopic (exact) mass is 214 g/mol. The number of nitrogens with one attached hydrogen (secondary N) is 1. The Kier molecular flexibility index (Phi) is 4.21. The maximum atomic E-state index is 11.3. The molecule has 0 aromatic carbocycles. The molecule has 2 N–H and O–H groups in total. The molecule has 0 radical (unpaired) electrons. The van der Waals surface area contributed by atoms with E-state index in [9.17, 15) is 9.00 Å². The highest BCUT2D eigenvalue weighted by atomic mass is 32.2. The molecule has 0 fully saturated rings. The Balaban J connectivity index is 2.40. The van der Waals surface area contributed by atoms with Crippen LogP contribution in [0.3, 0.4) is 0 Å². The number of pyridine rings is 1. The fourth-order valence-corrected chi connectivity index (χ4v) is 1.13. The number of nitrogens with zero attached hydrogens (tertiary/aromatic N) is 1. The zero-order valence-corrected chi connectivity index (χ0v) is 8.16. The zero-order chi connectivity index (χ0) is 10.4. The van der Waals surface area contributed by atoms with Crippen molar-refractivity contribution in [2.75, 3.05) is 12.3 Å². The van der Waals surface area contributed by atoms with Crippen molar-refractivity contribution in [3.63, 3.8) is 0 Å². The van der Waals surface area contributed by atoms with Crippen molar-refractivity contribution in [2.24, 2.45) is 0 Å². The van der Waals surface area contributed by atoms with Crippen molar-refractivity contribution in [1.82, 2.24) is 10.3 Å². The maximum Gasteiger partial charge on any atom is 0.252 e. The molecule has 76 valence electrons. The van der Waals surface area contributed by atoms with Crippen LogP contribution in [0.15, 0.2) is 24.5 Å². The van der Waals surface area contributed by atoms with Crippen LogP contribution in [0.4, 0.5) is 0 Å². The Bertz CT molecular complexity index is 329. The first-order valence-electron chi connectivity index (χ1n) is 3.96. The van der Waals surface area contributed by atoms with Crippen molar-refractivity contribution in [3.05, 3.63) is 30.1 Å². The molecule has 0 aliphatic rings. The van der Waals surface area contributed by atoms with Gasteiger partial charge >= 0.3 is 0 Å². The second-order valence-corrected chi connectivity index (χ2v) is 3.57. The molecular weight excluding hydrogens is 204 g/mol. The smallest absolute Gasteiger partial charge is 0.252 e. The van der Waals surface area contributed by atoms with E-state index >= 15 is 0 Å². The van der Waals surface area contributed by atoms with E-state index in [-0.39, 0.29) is 18.2 Å². The van der Waals surface area contributed by atoms with Crippen LogP contribution in [-0.4, -0.2) is 32.0 Å². The van der Waals surface area contributed by atoms with Crippen molar-refractivity contribution >= 4 is 17.0 Å². The molecule has 0 aliphatic heterocycles. The van der Waals surface area contributed by atoms with Gasteiger partial charge in [-0.1, -0.05) is 0 Å². The molecule has 5 nitrogen and oxygen atoms in total. The summed E-state index contributed by atoms with van der Waals surface area (Å²) in [6.07, 6.45) is 3.00. The van der Waals surface area contributed by atoms with Gasteiger partial charge in [-0.15, -0.1) is 0 Å². The number of amides is 1. The summed E-state index contributed by atoms with van der Waals surface area (Å²) in [6.45, 7) is 0.177. The molecule has 1 atom stereocenters. The van der Waals surface area contributed by atoms with E-state index < -0.39 is 11.1 Å². The Morgan fingerprint density at radius 1 is 1.64 bits per heavy atom. The molecule has 1 rings (SSSR count). The van der Waals surface area contributed by atoms with Gasteiger partial charge in [0.2, 0.25) is 0 Å². The van der Waals surface area contributed by atoms with Crippen molar-refractivity contribution < 1.29 is 13.6 Å². The first kappa shape index (κ1) is 10.8. The molecular formula is C8H10N2O3S. The van der Waals surface area contributed by atoms with Crippen LogP contribution in [0.25, 0.3) is 0 Å². The van der Waals surface area contributed by atoms with Gasteiger partial charge in [0.05, 0.1) is 11.3 Å². The lowest BCUT2D eigenvalue weighted by Crippen LogP contribution is -2.27. The molecule has 0 saturated heterocycles. The van der Waals surface area contributed by atoms with E-state index in [1.807, 2.05) is 0 Å². The van der Waals surface area contributed by atoms with E-state index in [1.165, 1.54) is 6.20 Å². The molecule has 1 amide bonds. The van der Waals surface area contributed by atoms with E-state index in [2.05, 4.69) is 10.3 Å². The summed E-state index contributed by atoms with van der Waals surface area (Å²) in [5.41, 5.74) is 0.441. The minimum atomic E-state index is -1.87. The highest BCUT2D eigenvalue weighted by molar-refractivity contribution is 7.79. The fraction of sp³-hybridized carbons (Fsp3) is 0.250. The SMILES string of the molecule is O=C(NCCS(=O)O)c1cccnc1. The molecule has 1 unspecified atom stereocenters. The predicted octanol–water partition coefficient (Wildman–Crippen LogP) is 0.0331. The molecule has 6 heteroatoms. The molecule has 14 heavy (non-hydrogen) atoms. The summed E-state index contributed by atoms with van der Waals surface area (Å²) in [5, 5.41) is 2.50. The lowest BCUT2D eigenvalue weighted by Gasteiger charge is -2.02. The summed E-state index contributed by atoms with van der Waals surface area (Å²) < 4.78 is 18.7. The van der Waals surface area contributed by atoms with Crippen LogP contribution in [0.1, 0.15) is 10.4 Å². The lowest BCUT2D eigenvalue weighted by molar-refractivity contribution is 0.0956. The van der Waals surface area contributed by atoms with Gasteiger partial charge in [0.1, 0.15) is 0 Å². The Morgan fingerprint density at radius 2 is 2.43 bits per heavy atom. The third kappa shape index (κ3) is 3.63. The number of hydrogen-bond donors (Lipinski definition) is 2. The van der Waals surface area contributed by atoms with Crippen LogP contribution in [0, 0.1) is 0 Å². The summed E-state index contributed by atoms with van der Waals surface area (Å²) >= 11 is -1.87. The summed E-state index contributed by atoms with van der Waals surface area (Å²) in [6, 6.07) is 3.28. The van der Waals surface area contributed by atoms with E-state index in [1.54, 1.807) is 18.3 Å². The zero-order valence-electron chi connectivity index (χ0n) is 7.34. The maximum absolute atomic E-state index is 11.3. The largest absolute Gasteiger partial charge is 0.351 e. The number of aromatic nitrogens is 1. The van der Waals surface area contributed by atoms with E-state index in [0.29, 0.717) is 5.56 Å². The second kappa shape index (κ2) is 5.46. The van der Waals surface area contributed by atoms with E-state index in [4.69, 9.17) is 4.55 Å². The van der Waals surface area contributed by atoms with Crippen molar-refractivity contribution in [1.29, 1.82) is 0 Å². The molecule has 1 heterocycles. The molecule has 1 aromatic heterocycles. The van der Waals surface area contributed by atoms with Crippen LogP contribution >= 0.6 is 0 Å². The second-order valence-electron chi connectivity index (χ2n) is 2.52. The first-order chi connectivity index (χ1) is 6.70. The summed E-state index contributed by atoms with van der Waals surface area (Å²) in [7, 11) is 0. The molecule has 1 aromatic rings. The van der Waals surface area contributed by atoms with Gasteiger partial charge in [-0.3, -0.25) is 9.78 Å². The summed E-state index contributed by atoms with van der Waals surface area (Å²) in [5.74, 6) is -0.255. The third-order valence-electron chi connectivity index (χ3n) is 1.49. The van der Waals surface area contributed by atoms with Crippen LogP contribution < -0.4 is 5.32 Å². The fourth-order valence-electron chi connectivity index (χ4n) is 0.851. The van der Waals surface area contributed by atoms with Gasteiger partial charge in [0.15, 0.2) is 11.1 Å². The van der Waals surface area contributed by atoms with Gasteiger partial charge in [-0.2, -0.15) is 0 Å². The minimum absolute atomic E-state index is 0.0337. The predicted molar refractivity (Wildman–Crippen MR) is 52.2 cm³/mol. The van der Waals surface area contributed by atoms with Crippen molar-refractivity contribution in [3.8, 4) is 0 Å². The number of carbonyl (C=O) groups is 1. The van der Waals surface area contributed by atoms with Gasteiger partial charge in [-0.25, -0.2) is 4.21 Å². The molecule has 0 aliphatic carbocycles. The molecule has 0 spiro atoms. The van der Waals surface area contributed by atoms with Crippen LogP contribution in [-0.2, 0) is 11.1 Å². The average molecular weight is 214 g/mol. The standard InChI is InChI=1S/C8H10N2O3S/c11-8(10-4-5-14(12)13)7-2-1-3-9-6-7/h1-3,6H,4-5H2,(H,10,11)(H,12,13). The van der Waals surface area contributed by atoms with Gasteiger partial charge in [0, 0.05) is 18.9 Å². The number of rotatable bonds is 4. The van der Waals surface area contributed by atoms with Crippen LogP contribution in [0.2, 0.25) is 0 Å². The molecule has 0 saturated carbocycles. The highest BCUT2D eigenvalue weighted by Gasteiger charge is 2.03. The lowest BCUT2D eigenvalue weighted by atomic mass is 10.3. The quantitative estimate of drug-likeness (QED) is 0.693. The Morgan fingerprint density at radius 3 is 3.00 bits per heavy atom. The molecule has 0 bridgehead atoms. The normalized spacial score (nSPS) is 12.1. The van der Waals surface area contributed by atoms with Gasteiger partial charge in [-0.05, 0) is 12.1 Å². The topological polar surface area (TPSA) is 79.3 Å². The average Bonchev–Trinajstić information content (AvgIpc) is 2.18. The number of carbonyl (C=O) groups excluding carboxylic acids is 1. The first-order valence-corrected chi connectivity index (χ1v) is 5.23. The summed E-state index contributed by atoms with van der Waals surface area (Å²) in [4.78, 5) is 15.1. The Hall–Kier alpha value is -1.27. The van der Waals surface area contributed by atoms with E-state index in [0.717, 1.165) is 0 Å². The van der Waals surface area contributed by atoms with Gasteiger partial charge < -0.3 is 9.87 Å². The van der Waals surface area contributed by atoms with Crippen LogP contribution in [0.5, 0.6) is 0 Å². The third-order valence-corrected chi connectivity index (χ3v) is 2.04. The van der Waals surface area contributed by atoms with Crippen molar-refractivity contribution in [2.45, 2.75) is 0 Å². The van der Waals surface area contributed by atoms with Gasteiger partial charge in [0.25, 0.3) is 5.91 Å².